The Balaban J connectivity index is 2.45. The molecule has 0 aromatic heterocycles. The Labute approximate surface area is 95.5 Å². The van der Waals surface area contributed by atoms with Gasteiger partial charge in [0.1, 0.15) is 0 Å². The van der Waals surface area contributed by atoms with E-state index < -0.39 is 9.28 Å². The molecule has 1 aliphatic rings. The summed E-state index contributed by atoms with van der Waals surface area (Å²) in [7, 11) is -1.60. The summed E-state index contributed by atoms with van der Waals surface area (Å²) in [6.45, 7) is 9.80. The van der Waals surface area contributed by atoms with Crippen LogP contribution in [0.2, 0.25) is 0 Å². The first-order valence-corrected chi connectivity index (χ1v) is 7.73. The number of hydrogen-bond acceptors (Lipinski definition) is 2. The summed E-state index contributed by atoms with van der Waals surface area (Å²) in [5, 5.41) is 1.29. The minimum atomic E-state index is -1.60. The summed E-state index contributed by atoms with van der Waals surface area (Å²) in [5.41, 5.74) is 0. The maximum atomic E-state index is 5.71. The Morgan fingerprint density at radius 2 is 1.67 bits per heavy atom. The highest BCUT2D eigenvalue weighted by Crippen LogP contribution is 2.30. The van der Waals surface area contributed by atoms with Gasteiger partial charge >= 0.3 is 9.28 Å². The molecule has 0 unspecified atom stereocenters. The lowest BCUT2D eigenvalue weighted by molar-refractivity contribution is 0.215. The molecule has 1 fully saturated rings. The van der Waals surface area contributed by atoms with Crippen molar-refractivity contribution in [3.8, 4) is 0 Å². The standard InChI is InChI=1S/C12H24O2Si/c1-4-13-15(14-5-2)11(3)12-9-7-6-8-10-12/h12,15H,3-10H2,1-2H3. The SMILES string of the molecule is C=C(C1CCCCC1)[SiH](OCC)OCC. The minimum absolute atomic E-state index is 0.675. The van der Waals surface area contributed by atoms with Crippen LogP contribution in [0.1, 0.15) is 46.0 Å². The first-order chi connectivity index (χ1) is 7.29. The average molecular weight is 228 g/mol. The van der Waals surface area contributed by atoms with Crippen molar-refractivity contribution in [3.05, 3.63) is 11.8 Å². The van der Waals surface area contributed by atoms with Crippen LogP contribution in [0.3, 0.4) is 0 Å². The van der Waals surface area contributed by atoms with Crippen LogP contribution in [-0.4, -0.2) is 22.5 Å². The summed E-state index contributed by atoms with van der Waals surface area (Å²) < 4.78 is 11.4. The third-order valence-electron chi connectivity index (χ3n) is 3.07. The van der Waals surface area contributed by atoms with Gasteiger partial charge in [0.25, 0.3) is 0 Å². The van der Waals surface area contributed by atoms with Gasteiger partial charge in [-0.3, -0.25) is 0 Å². The van der Waals surface area contributed by atoms with Gasteiger partial charge in [0, 0.05) is 13.2 Å². The molecule has 0 N–H and O–H groups in total. The molecule has 0 atom stereocenters. The van der Waals surface area contributed by atoms with E-state index in [4.69, 9.17) is 8.85 Å². The smallest absolute Gasteiger partial charge is 0.351 e. The van der Waals surface area contributed by atoms with Gasteiger partial charge in [-0.2, -0.15) is 0 Å². The predicted molar refractivity (Wildman–Crippen MR) is 66.1 cm³/mol. The van der Waals surface area contributed by atoms with Crippen LogP contribution >= 0.6 is 0 Å². The van der Waals surface area contributed by atoms with Crippen LogP contribution in [0.5, 0.6) is 0 Å². The fourth-order valence-corrected chi connectivity index (χ4v) is 4.08. The lowest BCUT2D eigenvalue weighted by atomic mass is 9.89. The molecule has 0 amide bonds. The molecule has 0 bridgehead atoms. The lowest BCUT2D eigenvalue weighted by Gasteiger charge is -2.27. The van der Waals surface area contributed by atoms with E-state index in [1.807, 2.05) is 13.8 Å². The van der Waals surface area contributed by atoms with Gasteiger partial charge in [-0.1, -0.05) is 25.8 Å². The van der Waals surface area contributed by atoms with Crippen molar-refractivity contribution in [3.63, 3.8) is 0 Å². The minimum Gasteiger partial charge on any atom is -0.394 e. The fourth-order valence-electron chi connectivity index (χ4n) is 2.23. The summed E-state index contributed by atoms with van der Waals surface area (Å²) in [4.78, 5) is 0. The molecule has 1 aliphatic carbocycles. The number of rotatable bonds is 6. The molecule has 3 heteroatoms. The quantitative estimate of drug-likeness (QED) is 0.651. The van der Waals surface area contributed by atoms with E-state index in [0.717, 1.165) is 13.2 Å². The van der Waals surface area contributed by atoms with Crippen LogP contribution in [0.4, 0.5) is 0 Å². The summed E-state index contributed by atoms with van der Waals surface area (Å²) >= 11 is 0. The molecule has 0 aromatic carbocycles. The Kier molecular flexibility index (Phi) is 6.21. The zero-order valence-corrected chi connectivity index (χ0v) is 11.3. The van der Waals surface area contributed by atoms with Gasteiger partial charge in [-0.05, 0) is 37.8 Å². The maximum absolute atomic E-state index is 5.71. The van der Waals surface area contributed by atoms with Gasteiger partial charge < -0.3 is 8.85 Å². The van der Waals surface area contributed by atoms with E-state index in [0.29, 0.717) is 5.92 Å². The molecule has 1 saturated carbocycles. The van der Waals surface area contributed by atoms with Crippen molar-refractivity contribution in [1.82, 2.24) is 0 Å². The van der Waals surface area contributed by atoms with E-state index in [2.05, 4.69) is 6.58 Å². The van der Waals surface area contributed by atoms with Crippen molar-refractivity contribution in [2.75, 3.05) is 13.2 Å². The molecule has 15 heavy (non-hydrogen) atoms. The molecule has 0 radical (unpaired) electrons. The molecule has 0 spiro atoms. The van der Waals surface area contributed by atoms with Crippen molar-refractivity contribution < 1.29 is 8.85 Å². The molecule has 1 rings (SSSR count). The van der Waals surface area contributed by atoms with Crippen molar-refractivity contribution in [2.24, 2.45) is 5.92 Å². The Morgan fingerprint density at radius 1 is 1.13 bits per heavy atom. The lowest BCUT2D eigenvalue weighted by Crippen LogP contribution is -2.30. The summed E-state index contributed by atoms with van der Waals surface area (Å²) in [6.07, 6.45) is 6.68. The Hall–Kier alpha value is -0.123. The first kappa shape index (κ1) is 12.9. The predicted octanol–water partition coefficient (Wildman–Crippen LogP) is 2.96. The molecule has 0 aliphatic heterocycles. The summed E-state index contributed by atoms with van der Waals surface area (Å²) in [6, 6.07) is 0. The second-order valence-corrected chi connectivity index (χ2v) is 6.22. The van der Waals surface area contributed by atoms with Crippen LogP contribution in [0, 0.1) is 5.92 Å². The van der Waals surface area contributed by atoms with Crippen molar-refractivity contribution in [1.29, 1.82) is 0 Å². The third kappa shape index (κ3) is 4.09. The zero-order valence-electron chi connectivity index (χ0n) is 10.1. The molecule has 0 heterocycles. The van der Waals surface area contributed by atoms with Gasteiger partial charge in [0.05, 0.1) is 0 Å². The van der Waals surface area contributed by atoms with E-state index in [-0.39, 0.29) is 0 Å². The normalized spacial score (nSPS) is 18.3. The highest BCUT2D eigenvalue weighted by molar-refractivity contribution is 6.53. The van der Waals surface area contributed by atoms with Crippen LogP contribution in [0.25, 0.3) is 0 Å². The molecular formula is C12H24O2Si. The van der Waals surface area contributed by atoms with Gasteiger partial charge in [0.2, 0.25) is 0 Å². The van der Waals surface area contributed by atoms with Crippen molar-refractivity contribution in [2.45, 2.75) is 46.0 Å². The zero-order chi connectivity index (χ0) is 11.1. The van der Waals surface area contributed by atoms with Crippen LogP contribution < -0.4 is 0 Å². The summed E-state index contributed by atoms with van der Waals surface area (Å²) in [5.74, 6) is 0.675. The topological polar surface area (TPSA) is 18.5 Å². The van der Waals surface area contributed by atoms with E-state index in [9.17, 15) is 0 Å². The second kappa shape index (κ2) is 7.20. The van der Waals surface area contributed by atoms with Gasteiger partial charge in [-0.25, -0.2) is 0 Å². The van der Waals surface area contributed by atoms with Gasteiger partial charge in [0.15, 0.2) is 0 Å². The Bertz CT molecular complexity index is 182. The average Bonchev–Trinajstić information content (AvgIpc) is 2.29. The van der Waals surface area contributed by atoms with E-state index in [1.54, 1.807) is 0 Å². The second-order valence-electron chi connectivity index (χ2n) is 4.15. The number of allylic oxidation sites excluding steroid dienone is 1. The molecule has 2 nitrogen and oxygen atoms in total. The first-order valence-electron chi connectivity index (χ1n) is 6.21. The van der Waals surface area contributed by atoms with Gasteiger partial charge in [-0.15, -0.1) is 0 Å². The molecule has 0 saturated heterocycles. The molecular weight excluding hydrogens is 204 g/mol. The number of hydrogen-bond donors (Lipinski definition) is 0. The third-order valence-corrected chi connectivity index (χ3v) is 5.42. The van der Waals surface area contributed by atoms with Crippen LogP contribution in [0.15, 0.2) is 11.8 Å². The van der Waals surface area contributed by atoms with Crippen molar-refractivity contribution >= 4 is 9.28 Å². The van der Waals surface area contributed by atoms with E-state index in [1.165, 1.54) is 37.3 Å². The highest BCUT2D eigenvalue weighted by Gasteiger charge is 2.25. The largest absolute Gasteiger partial charge is 0.394 e. The maximum Gasteiger partial charge on any atom is 0.351 e. The molecule has 0 aromatic rings. The Morgan fingerprint density at radius 3 is 2.13 bits per heavy atom. The van der Waals surface area contributed by atoms with Crippen LogP contribution in [-0.2, 0) is 8.85 Å². The monoisotopic (exact) mass is 228 g/mol. The molecule has 88 valence electrons. The fraction of sp³-hybridized carbons (Fsp3) is 0.833. The van der Waals surface area contributed by atoms with E-state index >= 15 is 0 Å². The highest BCUT2D eigenvalue weighted by atomic mass is 28.3.